The second kappa shape index (κ2) is 6.60. The van der Waals surface area contributed by atoms with E-state index in [0.29, 0.717) is 18.4 Å². The molecule has 1 rings (SSSR count). The fraction of sp³-hybridized carbons (Fsp3) is 0.538. The van der Waals surface area contributed by atoms with Crippen molar-refractivity contribution in [2.24, 2.45) is 5.73 Å². The second-order valence-corrected chi connectivity index (χ2v) is 8.29. The highest BCUT2D eigenvalue weighted by Gasteiger charge is 2.25. The molecular formula is C13H18Cl2FNO2S. The van der Waals surface area contributed by atoms with Crippen molar-refractivity contribution in [1.82, 2.24) is 0 Å². The molecule has 1 unspecified atom stereocenters. The summed E-state index contributed by atoms with van der Waals surface area (Å²) in [7, 11) is -3.03. The Kier molecular flexibility index (Phi) is 5.84. The molecule has 114 valence electrons. The van der Waals surface area contributed by atoms with E-state index in [1.807, 2.05) is 0 Å². The first-order chi connectivity index (χ1) is 9.09. The summed E-state index contributed by atoms with van der Waals surface area (Å²) in [6, 6.07) is 2.51. The molecule has 0 spiro atoms. The molecule has 1 aromatic rings. The first-order valence-corrected chi connectivity index (χ1v) is 8.81. The third-order valence-electron chi connectivity index (χ3n) is 3.22. The number of benzene rings is 1. The second-order valence-electron chi connectivity index (χ2n) is 5.00. The Balaban J connectivity index is 2.86. The molecule has 1 aromatic carbocycles. The van der Waals surface area contributed by atoms with E-state index in [-0.39, 0.29) is 21.6 Å². The van der Waals surface area contributed by atoms with Crippen LogP contribution in [0.15, 0.2) is 12.1 Å². The van der Waals surface area contributed by atoms with Crippen molar-refractivity contribution in [2.45, 2.75) is 32.2 Å². The van der Waals surface area contributed by atoms with Gasteiger partial charge in [-0.3, -0.25) is 0 Å². The van der Waals surface area contributed by atoms with Gasteiger partial charge in [0.2, 0.25) is 0 Å². The molecule has 0 saturated heterocycles. The van der Waals surface area contributed by atoms with Crippen molar-refractivity contribution in [2.75, 3.05) is 11.5 Å². The minimum Gasteiger partial charge on any atom is -0.322 e. The molecule has 0 heterocycles. The van der Waals surface area contributed by atoms with Gasteiger partial charge in [-0.05, 0) is 37.5 Å². The Hall–Kier alpha value is -0.360. The van der Waals surface area contributed by atoms with Crippen molar-refractivity contribution in [3.05, 3.63) is 33.6 Å². The molecule has 0 aromatic heterocycles. The predicted octanol–water partition coefficient (Wildman–Crippen LogP) is 3.52. The van der Waals surface area contributed by atoms with Crippen LogP contribution in [0.25, 0.3) is 0 Å². The minimum atomic E-state index is -3.03. The van der Waals surface area contributed by atoms with Gasteiger partial charge in [0.1, 0.15) is 15.7 Å². The van der Waals surface area contributed by atoms with Crippen LogP contribution in [0.3, 0.4) is 0 Å². The molecule has 0 radical (unpaired) electrons. The maximum Gasteiger partial charge on any atom is 0.150 e. The molecule has 20 heavy (non-hydrogen) atoms. The molecule has 1 atom stereocenters. The lowest BCUT2D eigenvalue weighted by atomic mass is 9.88. The van der Waals surface area contributed by atoms with Crippen LogP contribution in [0.2, 0.25) is 10.0 Å². The van der Waals surface area contributed by atoms with Gasteiger partial charge >= 0.3 is 0 Å². The zero-order valence-electron chi connectivity index (χ0n) is 11.4. The zero-order chi connectivity index (χ0) is 15.6. The van der Waals surface area contributed by atoms with Gasteiger partial charge in [0.15, 0.2) is 0 Å². The van der Waals surface area contributed by atoms with Gasteiger partial charge in [0.25, 0.3) is 0 Å². The van der Waals surface area contributed by atoms with E-state index in [1.165, 1.54) is 12.1 Å². The molecule has 0 amide bonds. The van der Waals surface area contributed by atoms with E-state index in [9.17, 15) is 12.8 Å². The molecule has 3 nitrogen and oxygen atoms in total. The molecular weight excluding hydrogens is 324 g/mol. The molecule has 0 aliphatic carbocycles. The Morgan fingerprint density at radius 3 is 2.45 bits per heavy atom. The van der Waals surface area contributed by atoms with Gasteiger partial charge in [0.05, 0.1) is 10.8 Å². The van der Waals surface area contributed by atoms with E-state index in [2.05, 4.69) is 0 Å². The van der Waals surface area contributed by atoms with Crippen molar-refractivity contribution in [1.29, 1.82) is 0 Å². The SMILES string of the molecule is CCS(=O)(=O)CCCC(C)(N)c1cc(F)c(Cl)cc1Cl. The fourth-order valence-electron chi connectivity index (χ4n) is 1.90. The number of sulfone groups is 1. The van der Waals surface area contributed by atoms with Crippen LogP contribution >= 0.6 is 23.2 Å². The Morgan fingerprint density at radius 2 is 1.90 bits per heavy atom. The number of hydrogen-bond donors (Lipinski definition) is 1. The summed E-state index contributed by atoms with van der Waals surface area (Å²) in [4.78, 5) is 0. The van der Waals surface area contributed by atoms with E-state index in [0.717, 1.165) is 0 Å². The van der Waals surface area contributed by atoms with Crippen molar-refractivity contribution in [3.63, 3.8) is 0 Å². The van der Waals surface area contributed by atoms with Crippen LogP contribution in [0.1, 0.15) is 32.3 Å². The summed E-state index contributed by atoms with van der Waals surface area (Å²) in [5.74, 6) is -0.432. The third-order valence-corrected chi connectivity index (χ3v) is 5.61. The standard InChI is InChI=1S/C13H18Cl2FNO2S/c1-3-20(18,19)6-4-5-13(2,17)9-7-12(16)11(15)8-10(9)14/h7-8H,3-6,17H2,1-2H3. The molecule has 0 fully saturated rings. The zero-order valence-corrected chi connectivity index (χ0v) is 13.7. The smallest absolute Gasteiger partial charge is 0.150 e. The maximum atomic E-state index is 13.5. The van der Waals surface area contributed by atoms with E-state index in [1.54, 1.807) is 13.8 Å². The third kappa shape index (κ3) is 4.58. The average Bonchev–Trinajstić information content (AvgIpc) is 2.33. The van der Waals surface area contributed by atoms with E-state index in [4.69, 9.17) is 28.9 Å². The van der Waals surface area contributed by atoms with E-state index >= 15 is 0 Å². The van der Waals surface area contributed by atoms with Crippen molar-refractivity contribution >= 4 is 33.0 Å². The number of halogens is 3. The van der Waals surface area contributed by atoms with Crippen LogP contribution in [0.5, 0.6) is 0 Å². The monoisotopic (exact) mass is 341 g/mol. The van der Waals surface area contributed by atoms with Gasteiger partial charge in [-0.25, -0.2) is 12.8 Å². The first kappa shape index (κ1) is 17.7. The highest BCUT2D eigenvalue weighted by Crippen LogP contribution is 2.33. The molecule has 0 saturated carbocycles. The molecule has 0 aliphatic heterocycles. The minimum absolute atomic E-state index is 0.0595. The van der Waals surface area contributed by atoms with Crippen molar-refractivity contribution in [3.8, 4) is 0 Å². The molecule has 0 aliphatic rings. The predicted molar refractivity (Wildman–Crippen MR) is 81.5 cm³/mol. The van der Waals surface area contributed by atoms with Gasteiger partial charge in [-0.1, -0.05) is 30.1 Å². The van der Waals surface area contributed by atoms with Crippen LogP contribution < -0.4 is 5.73 Å². The highest BCUT2D eigenvalue weighted by molar-refractivity contribution is 7.91. The largest absolute Gasteiger partial charge is 0.322 e. The van der Waals surface area contributed by atoms with Crippen LogP contribution in [0, 0.1) is 5.82 Å². The Bertz CT molecular complexity index is 588. The summed E-state index contributed by atoms with van der Waals surface area (Å²) in [5, 5.41) is 0.211. The normalized spacial score (nSPS) is 15.1. The Labute approximate surface area is 129 Å². The molecule has 7 heteroatoms. The van der Waals surface area contributed by atoms with Crippen LogP contribution in [-0.4, -0.2) is 19.9 Å². The number of hydrogen-bond acceptors (Lipinski definition) is 3. The Morgan fingerprint density at radius 1 is 1.30 bits per heavy atom. The summed E-state index contributed by atoms with van der Waals surface area (Å²) >= 11 is 11.7. The van der Waals surface area contributed by atoms with Gasteiger partial charge in [-0.15, -0.1) is 0 Å². The molecule has 2 N–H and O–H groups in total. The van der Waals surface area contributed by atoms with Gasteiger partial charge in [0, 0.05) is 16.3 Å². The lowest BCUT2D eigenvalue weighted by molar-refractivity contribution is 0.443. The van der Waals surface area contributed by atoms with E-state index < -0.39 is 21.2 Å². The lowest BCUT2D eigenvalue weighted by Crippen LogP contribution is -2.34. The quantitative estimate of drug-likeness (QED) is 0.805. The topological polar surface area (TPSA) is 60.2 Å². The summed E-state index contributed by atoms with van der Waals surface area (Å²) < 4.78 is 36.4. The first-order valence-electron chi connectivity index (χ1n) is 6.23. The van der Waals surface area contributed by atoms with Crippen LogP contribution in [0.4, 0.5) is 4.39 Å². The summed E-state index contributed by atoms with van der Waals surface area (Å²) in [5.41, 5.74) is 5.65. The lowest BCUT2D eigenvalue weighted by Gasteiger charge is -2.26. The van der Waals surface area contributed by atoms with Crippen LogP contribution in [-0.2, 0) is 15.4 Å². The van der Waals surface area contributed by atoms with Crippen molar-refractivity contribution < 1.29 is 12.8 Å². The summed E-state index contributed by atoms with van der Waals surface area (Å²) in [6.45, 7) is 3.29. The maximum absolute atomic E-state index is 13.5. The fourth-order valence-corrected chi connectivity index (χ4v) is 3.37. The number of rotatable bonds is 6. The molecule has 0 bridgehead atoms. The number of nitrogens with two attached hydrogens (primary N) is 1. The van der Waals surface area contributed by atoms with Gasteiger partial charge < -0.3 is 5.73 Å². The van der Waals surface area contributed by atoms with Gasteiger partial charge in [-0.2, -0.15) is 0 Å². The highest BCUT2D eigenvalue weighted by atomic mass is 35.5. The summed E-state index contributed by atoms with van der Waals surface area (Å²) in [6.07, 6.45) is 0.775. The average molecular weight is 342 g/mol.